The van der Waals surface area contributed by atoms with Crippen molar-refractivity contribution in [1.29, 1.82) is 0 Å². The van der Waals surface area contributed by atoms with Crippen LogP contribution in [0.4, 0.5) is 4.79 Å². The third-order valence-electron chi connectivity index (χ3n) is 11.1. The van der Waals surface area contributed by atoms with Crippen molar-refractivity contribution in [1.82, 2.24) is 4.90 Å². The van der Waals surface area contributed by atoms with Gasteiger partial charge in [-0.05, 0) is 87.0 Å². The van der Waals surface area contributed by atoms with Crippen LogP contribution in [0.15, 0.2) is 73.0 Å². The maximum Gasteiger partial charge on any atom is 0.410 e. The number of ether oxygens (including phenoxy) is 5. The molecule has 1 aromatic rings. The highest BCUT2D eigenvalue weighted by Gasteiger charge is 2.65. The molecule has 2 heterocycles. The molecule has 298 valence electrons. The van der Waals surface area contributed by atoms with E-state index in [9.17, 15) is 15.0 Å². The first-order valence-corrected chi connectivity index (χ1v) is 20.1. The predicted molar refractivity (Wildman–Crippen MR) is 208 cm³/mol. The molecule has 1 saturated heterocycles. The van der Waals surface area contributed by atoms with E-state index in [1.165, 1.54) is 0 Å². The highest BCUT2D eigenvalue weighted by atomic mass is 16.8. The molecule has 11 nitrogen and oxygen atoms in total. The Morgan fingerprint density at radius 2 is 1.85 bits per heavy atom. The number of oxime groups is 1. The van der Waals surface area contributed by atoms with E-state index in [1.54, 1.807) is 23.1 Å². The topological polar surface area (TPSA) is 129 Å². The van der Waals surface area contributed by atoms with Crippen LogP contribution < -0.4 is 9.47 Å². The van der Waals surface area contributed by atoms with Gasteiger partial charge in [-0.1, -0.05) is 55.8 Å². The molecule has 4 aliphatic rings. The number of unbranched alkanes of at least 4 members (excludes halogenated alkanes) is 2. The molecular weight excluding hydrogens is 688 g/mol. The number of aliphatic hydroxyl groups excluding tert-OH is 2. The monoisotopic (exact) mass is 750 g/mol. The summed E-state index contributed by atoms with van der Waals surface area (Å²) >= 11 is 0. The van der Waals surface area contributed by atoms with Crippen LogP contribution in [0.25, 0.3) is 0 Å². The van der Waals surface area contributed by atoms with E-state index in [0.717, 1.165) is 61.8 Å². The summed E-state index contributed by atoms with van der Waals surface area (Å²) in [7, 11) is 0. The molecule has 7 atom stereocenters. The van der Waals surface area contributed by atoms with Crippen molar-refractivity contribution in [3.05, 3.63) is 73.4 Å². The van der Waals surface area contributed by atoms with Gasteiger partial charge < -0.3 is 38.7 Å². The number of benzene rings is 1. The number of carbonyl (C=O) groups excluding carboxylic acids is 1. The van der Waals surface area contributed by atoms with Crippen molar-refractivity contribution in [3.63, 3.8) is 0 Å². The Hall–Kier alpha value is -3.64. The first kappa shape index (κ1) is 41.5. The Morgan fingerprint density at radius 3 is 2.56 bits per heavy atom. The van der Waals surface area contributed by atoms with Crippen molar-refractivity contribution >= 4 is 11.8 Å². The first-order valence-electron chi connectivity index (χ1n) is 20.1. The zero-order valence-corrected chi connectivity index (χ0v) is 32.2. The van der Waals surface area contributed by atoms with Gasteiger partial charge >= 0.3 is 6.09 Å². The summed E-state index contributed by atoms with van der Waals surface area (Å²) in [6.07, 6.45) is 15.6. The van der Waals surface area contributed by atoms with Gasteiger partial charge in [-0.3, -0.25) is 4.90 Å². The number of fused-ring (bicyclic) bond motifs is 2. The van der Waals surface area contributed by atoms with Crippen molar-refractivity contribution in [2.45, 2.75) is 108 Å². The molecular formula is C43H62N2O9. The summed E-state index contributed by atoms with van der Waals surface area (Å²) in [5, 5.41) is 24.6. The van der Waals surface area contributed by atoms with Crippen molar-refractivity contribution in [2.24, 2.45) is 22.9 Å². The van der Waals surface area contributed by atoms with Gasteiger partial charge in [-0.15, -0.1) is 13.2 Å². The van der Waals surface area contributed by atoms with Crippen molar-refractivity contribution < 1.29 is 43.5 Å². The number of carbonyl (C=O) groups is 1. The summed E-state index contributed by atoms with van der Waals surface area (Å²) in [6.45, 7) is 15.7. The molecule has 1 aromatic carbocycles. The number of nitrogens with zero attached hydrogens (tertiary/aromatic N) is 2. The number of rotatable bonds is 22. The lowest BCUT2D eigenvalue weighted by molar-refractivity contribution is -0.255. The van der Waals surface area contributed by atoms with E-state index in [-0.39, 0.29) is 44.2 Å². The number of hydrogen-bond acceptors (Lipinski definition) is 10. The smallest absolute Gasteiger partial charge is 0.410 e. The Morgan fingerprint density at radius 1 is 1.06 bits per heavy atom. The molecule has 2 aliphatic heterocycles. The van der Waals surface area contributed by atoms with Gasteiger partial charge in [0.1, 0.15) is 24.1 Å². The van der Waals surface area contributed by atoms with E-state index in [4.69, 9.17) is 33.7 Å². The zero-order chi connectivity index (χ0) is 38.3. The third-order valence-corrected chi connectivity index (χ3v) is 11.1. The first-order chi connectivity index (χ1) is 26.5. The van der Waals surface area contributed by atoms with E-state index in [2.05, 4.69) is 31.9 Å². The highest BCUT2D eigenvalue weighted by Crippen LogP contribution is 2.62. The minimum Gasteiger partial charge on any atom is -0.490 e. The maximum absolute atomic E-state index is 14.1. The Kier molecular flexibility index (Phi) is 16.1. The van der Waals surface area contributed by atoms with Gasteiger partial charge in [0.25, 0.3) is 0 Å². The molecule has 2 N–H and O–H groups in total. The summed E-state index contributed by atoms with van der Waals surface area (Å²) in [6, 6.07) is 5.28. The average Bonchev–Trinajstić information content (AvgIpc) is 3.19. The second kappa shape index (κ2) is 20.9. The number of aliphatic hydroxyl groups is 2. The number of allylic oxidation sites excluding steroid dienone is 1. The molecule has 2 fully saturated rings. The number of hydrogen-bond donors (Lipinski definition) is 2. The molecule has 0 radical (unpaired) electrons. The molecule has 1 amide bonds. The molecule has 7 unspecified atom stereocenters. The SMILES string of the molecule is C=CCCOC(=O)N(CCC)C1CC(=NOC2CCCCO2)C2=CC(CCCCO)C(CCCCO)C3c4cc(OCC=C)ccc4OC1(OCC=C)C23. The minimum atomic E-state index is -1.35. The van der Waals surface area contributed by atoms with Gasteiger partial charge in [0, 0.05) is 44.1 Å². The average molecular weight is 751 g/mol. The van der Waals surface area contributed by atoms with Crippen molar-refractivity contribution in [3.8, 4) is 11.5 Å². The van der Waals surface area contributed by atoms with E-state index >= 15 is 0 Å². The van der Waals surface area contributed by atoms with Crippen LogP contribution >= 0.6 is 0 Å². The standard InChI is InChI=1S/C43H62N2O9/c1-5-9-26-51-42(48)45(21-6-2)38-30-36(44-54-39-18-12-15-27-50-39)34-28-31(16-10-13-22-46)33(17-11-14-23-47)40-35-29-32(49-24-7-3)19-20-37(35)53-43(38,41(34)40)52-25-8-4/h5,7-8,19-20,28-29,31,33,38-41,46-47H,1,3-4,6,9-18,21-27,30H2,2H3. The van der Waals surface area contributed by atoms with Crippen LogP contribution in [-0.2, 0) is 19.0 Å². The van der Waals surface area contributed by atoms with Gasteiger partial charge in [-0.25, -0.2) is 4.79 Å². The van der Waals surface area contributed by atoms with Crippen LogP contribution in [0, 0.1) is 17.8 Å². The summed E-state index contributed by atoms with van der Waals surface area (Å²) in [5.41, 5.74) is 2.70. The van der Waals surface area contributed by atoms with Crippen LogP contribution in [0.5, 0.6) is 11.5 Å². The molecule has 0 spiro atoms. The van der Waals surface area contributed by atoms with Crippen LogP contribution in [0.2, 0.25) is 0 Å². The molecule has 5 rings (SSSR count). The van der Waals surface area contributed by atoms with Gasteiger partial charge in [0.15, 0.2) is 0 Å². The second-order valence-electron chi connectivity index (χ2n) is 14.7. The summed E-state index contributed by atoms with van der Waals surface area (Å²) < 4.78 is 32.1. The third kappa shape index (κ3) is 9.59. The van der Waals surface area contributed by atoms with Crippen LogP contribution in [0.3, 0.4) is 0 Å². The lowest BCUT2D eigenvalue weighted by Crippen LogP contribution is -2.70. The normalized spacial score (nSPS) is 27.8. The fourth-order valence-electron chi connectivity index (χ4n) is 8.74. The van der Waals surface area contributed by atoms with Crippen molar-refractivity contribution in [2.75, 3.05) is 46.2 Å². The lowest BCUT2D eigenvalue weighted by Gasteiger charge is -2.60. The minimum absolute atomic E-state index is 0.106. The summed E-state index contributed by atoms with van der Waals surface area (Å²) in [4.78, 5) is 22.1. The number of amides is 1. The molecule has 2 aliphatic carbocycles. The Labute approximate surface area is 321 Å². The fraction of sp³-hybridized carbons (Fsp3) is 0.628. The van der Waals surface area contributed by atoms with Gasteiger partial charge in [0.05, 0.1) is 31.5 Å². The Balaban J connectivity index is 1.75. The van der Waals surface area contributed by atoms with E-state index in [1.807, 2.05) is 19.1 Å². The lowest BCUT2D eigenvalue weighted by atomic mass is 9.55. The largest absolute Gasteiger partial charge is 0.490 e. The molecule has 0 aromatic heterocycles. The van der Waals surface area contributed by atoms with Crippen LogP contribution in [-0.4, -0.2) is 91.2 Å². The van der Waals surface area contributed by atoms with Gasteiger partial charge in [-0.2, -0.15) is 0 Å². The zero-order valence-electron chi connectivity index (χ0n) is 32.2. The van der Waals surface area contributed by atoms with E-state index < -0.39 is 30.1 Å². The highest BCUT2D eigenvalue weighted by molar-refractivity contribution is 6.03. The molecule has 1 saturated carbocycles. The maximum atomic E-state index is 14.1. The van der Waals surface area contributed by atoms with E-state index in [0.29, 0.717) is 63.4 Å². The Bertz CT molecular complexity index is 1460. The second-order valence-corrected chi connectivity index (χ2v) is 14.7. The van der Waals surface area contributed by atoms with Crippen LogP contribution in [0.1, 0.15) is 95.5 Å². The molecule has 11 heteroatoms. The molecule has 0 bridgehead atoms. The predicted octanol–water partition coefficient (Wildman–Crippen LogP) is 7.84. The van der Waals surface area contributed by atoms with Gasteiger partial charge in [0.2, 0.25) is 12.1 Å². The quantitative estimate of drug-likeness (QED) is 0.0692. The summed E-state index contributed by atoms with van der Waals surface area (Å²) in [5.74, 6) is -0.312. The molecule has 54 heavy (non-hydrogen) atoms. The fourth-order valence-corrected chi connectivity index (χ4v) is 8.74.